The number of nitrogens with two attached hydrogens (primary N) is 1. The third-order valence-electron chi connectivity index (χ3n) is 4.88. The largest absolute Gasteiger partial charge is 0.460 e. The van der Waals surface area contributed by atoms with E-state index in [2.05, 4.69) is 19.1 Å². The van der Waals surface area contributed by atoms with Crippen LogP contribution in [0.5, 0.6) is 0 Å². The second-order valence-electron chi connectivity index (χ2n) is 6.44. The van der Waals surface area contributed by atoms with Crippen molar-refractivity contribution in [3.63, 3.8) is 0 Å². The van der Waals surface area contributed by atoms with E-state index in [9.17, 15) is 4.79 Å². The van der Waals surface area contributed by atoms with Crippen molar-refractivity contribution in [1.29, 1.82) is 0 Å². The Labute approximate surface area is 143 Å². The maximum absolute atomic E-state index is 12.6. The summed E-state index contributed by atoms with van der Waals surface area (Å²) in [5.41, 5.74) is 2.25. The number of carbonyl (C=O) groups is 1. The summed E-state index contributed by atoms with van der Waals surface area (Å²) >= 11 is 0. The number of rotatable bonds is 4. The van der Waals surface area contributed by atoms with Crippen molar-refractivity contribution in [3.8, 4) is 0 Å². The molecule has 0 bridgehead atoms. The van der Waals surface area contributed by atoms with E-state index in [0.717, 1.165) is 12.0 Å². The summed E-state index contributed by atoms with van der Waals surface area (Å²) in [7, 11) is 0. The van der Waals surface area contributed by atoms with Gasteiger partial charge in [0.2, 0.25) is 0 Å². The molecular weight excluding hydrogens is 300 g/mol. The topological polar surface area (TPSA) is 55.6 Å². The Hall–Kier alpha value is -2.17. The van der Waals surface area contributed by atoms with E-state index in [4.69, 9.17) is 10.6 Å². The lowest BCUT2D eigenvalue weighted by atomic mass is 9.77. The van der Waals surface area contributed by atoms with Crippen molar-refractivity contribution in [2.24, 2.45) is 11.8 Å². The van der Waals surface area contributed by atoms with Crippen molar-refractivity contribution in [2.45, 2.75) is 31.9 Å². The minimum Gasteiger partial charge on any atom is -0.460 e. The SMILES string of the molecule is CC1C(c2ccccc2)CCN(N)C1C(=O)OCc1ccccc1. The quantitative estimate of drug-likeness (QED) is 0.693. The molecule has 1 fully saturated rings. The van der Waals surface area contributed by atoms with Crippen LogP contribution in [0.4, 0.5) is 0 Å². The summed E-state index contributed by atoms with van der Waals surface area (Å²) in [6, 6.07) is 19.7. The Morgan fingerprint density at radius 2 is 1.75 bits per heavy atom. The first-order chi connectivity index (χ1) is 11.7. The van der Waals surface area contributed by atoms with Gasteiger partial charge < -0.3 is 4.74 Å². The summed E-state index contributed by atoms with van der Waals surface area (Å²) in [5.74, 6) is 6.30. The number of benzene rings is 2. The number of ether oxygens (including phenoxy) is 1. The Morgan fingerprint density at radius 3 is 2.42 bits per heavy atom. The molecule has 1 aliphatic heterocycles. The van der Waals surface area contributed by atoms with Crippen molar-refractivity contribution >= 4 is 5.97 Å². The minimum atomic E-state index is -0.410. The number of hydrogen-bond acceptors (Lipinski definition) is 4. The van der Waals surface area contributed by atoms with Gasteiger partial charge in [-0.3, -0.25) is 10.6 Å². The van der Waals surface area contributed by atoms with Gasteiger partial charge >= 0.3 is 5.97 Å². The lowest BCUT2D eigenvalue weighted by Gasteiger charge is -2.40. The molecule has 2 aromatic carbocycles. The third kappa shape index (κ3) is 3.66. The highest BCUT2D eigenvalue weighted by Crippen LogP contribution is 2.36. The molecule has 0 spiro atoms. The van der Waals surface area contributed by atoms with Gasteiger partial charge in [-0.15, -0.1) is 0 Å². The average Bonchev–Trinajstić information content (AvgIpc) is 2.62. The van der Waals surface area contributed by atoms with Crippen LogP contribution in [-0.4, -0.2) is 23.6 Å². The van der Waals surface area contributed by atoms with E-state index in [0.29, 0.717) is 12.5 Å². The summed E-state index contributed by atoms with van der Waals surface area (Å²) in [4.78, 5) is 12.6. The lowest BCUT2D eigenvalue weighted by Crippen LogP contribution is -2.55. The number of piperidine rings is 1. The van der Waals surface area contributed by atoms with Gasteiger partial charge in [0.05, 0.1) is 0 Å². The second-order valence-corrected chi connectivity index (χ2v) is 6.44. The summed E-state index contributed by atoms with van der Waals surface area (Å²) in [5, 5.41) is 1.64. The zero-order valence-corrected chi connectivity index (χ0v) is 14.0. The van der Waals surface area contributed by atoms with Crippen LogP contribution in [0.1, 0.15) is 30.4 Å². The molecular formula is C20H24N2O2. The minimum absolute atomic E-state index is 0.106. The van der Waals surface area contributed by atoms with Gasteiger partial charge in [0, 0.05) is 6.54 Å². The zero-order valence-electron chi connectivity index (χ0n) is 14.0. The van der Waals surface area contributed by atoms with Gasteiger partial charge in [-0.2, -0.15) is 0 Å². The molecule has 2 N–H and O–H groups in total. The Kier molecular flexibility index (Phi) is 5.28. The molecule has 2 aromatic rings. The normalized spacial score (nSPS) is 24.5. The second kappa shape index (κ2) is 7.60. The standard InChI is InChI=1S/C20H24N2O2/c1-15-18(17-10-6-3-7-11-17)12-13-22(21)19(15)20(23)24-14-16-8-4-2-5-9-16/h2-11,15,18-19H,12-14,21H2,1H3. The zero-order chi connectivity index (χ0) is 16.9. The number of esters is 1. The summed E-state index contributed by atoms with van der Waals surface area (Å²) in [6.45, 7) is 3.06. The predicted octanol–water partition coefficient (Wildman–Crippen LogP) is 3.10. The third-order valence-corrected chi connectivity index (χ3v) is 4.88. The molecule has 1 aliphatic rings. The molecule has 4 heteroatoms. The Balaban J connectivity index is 1.69. The van der Waals surface area contributed by atoms with E-state index >= 15 is 0 Å². The van der Waals surface area contributed by atoms with Crippen molar-refractivity contribution in [1.82, 2.24) is 5.01 Å². The molecule has 1 heterocycles. The van der Waals surface area contributed by atoms with Gasteiger partial charge in [0.25, 0.3) is 0 Å². The molecule has 126 valence electrons. The van der Waals surface area contributed by atoms with E-state index < -0.39 is 6.04 Å². The van der Waals surface area contributed by atoms with Crippen LogP contribution in [0.15, 0.2) is 60.7 Å². The van der Waals surface area contributed by atoms with Crippen LogP contribution < -0.4 is 5.84 Å². The van der Waals surface area contributed by atoms with Crippen LogP contribution in [-0.2, 0) is 16.1 Å². The van der Waals surface area contributed by atoms with Crippen molar-refractivity contribution in [2.75, 3.05) is 6.54 Å². The van der Waals surface area contributed by atoms with Gasteiger partial charge in [-0.1, -0.05) is 67.6 Å². The number of hydrazine groups is 1. The molecule has 4 nitrogen and oxygen atoms in total. The predicted molar refractivity (Wildman–Crippen MR) is 93.9 cm³/mol. The highest BCUT2D eigenvalue weighted by Gasteiger charge is 2.40. The van der Waals surface area contributed by atoms with Gasteiger partial charge in [0.1, 0.15) is 12.6 Å². The van der Waals surface area contributed by atoms with Crippen LogP contribution in [0.3, 0.4) is 0 Å². The molecule has 3 atom stereocenters. The summed E-state index contributed by atoms with van der Waals surface area (Å²) < 4.78 is 5.53. The fraction of sp³-hybridized carbons (Fsp3) is 0.350. The van der Waals surface area contributed by atoms with Crippen molar-refractivity contribution < 1.29 is 9.53 Å². The fourth-order valence-corrected chi connectivity index (χ4v) is 3.55. The summed E-state index contributed by atoms with van der Waals surface area (Å²) in [6.07, 6.45) is 0.949. The molecule has 0 aliphatic carbocycles. The maximum Gasteiger partial charge on any atom is 0.325 e. The van der Waals surface area contributed by atoms with Gasteiger partial charge in [0.15, 0.2) is 0 Å². The first kappa shape index (κ1) is 16.7. The highest BCUT2D eigenvalue weighted by atomic mass is 16.5. The molecule has 0 saturated carbocycles. The first-order valence-corrected chi connectivity index (χ1v) is 8.43. The Morgan fingerprint density at radius 1 is 1.12 bits per heavy atom. The Bertz CT molecular complexity index is 660. The number of nitrogens with zero attached hydrogens (tertiary/aromatic N) is 1. The first-order valence-electron chi connectivity index (χ1n) is 8.43. The van der Waals surface area contributed by atoms with E-state index in [1.807, 2.05) is 48.5 Å². The van der Waals surface area contributed by atoms with Crippen molar-refractivity contribution in [3.05, 3.63) is 71.8 Å². The molecule has 0 radical (unpaired) electrons. The molecule has 0 aromatic heterocycles. The molecule has 3 rings (SSSR count). The van der Waals surface area contributed by atoms with Crippen LogP contribution in [0.2, 0.25) is 0 Å². The van der Waals surface area contributed by atoms with Gasteiger partial charge in [-0.25, -0.2) is 5.01 Å². The monoisotopic (exact) mass is 324 g/mol. The number of hydrogen-bond donors (Lipinski definition) is 1. The highest BCUT2D eigenvalue weighted by molar-refractivity contribution is 5.76. The van der Waals surface area contributed by atoms with Gasteiger partial charge in [-0.05, 0) is 29.4 Å². The molecule has 1 saturated heterocycles. The van der Waals surface area contributed by atoms with E-state index in [-0.39, 0.29) is 18.5 Å². The maximum atomic E-state index is 12.6. The smallest absolute Gasteiger partial charge is 0.325 e. The lowest BCUT2D eigenvalue weighted by molar-refractivity contribution is -0.155. The van der Waals surface area contributed by atoms with E-state index in [1.165, 1.54) is 5.56 Å². The number of carbonyl (C=O) groups excluding carboxylic acids is 1. The molecule has 0 amide bonds. The van der Waals surface area contributed by atoms with E-state index in [1.54, 1.807) is 5.01 Å². The molecule has 24 heavy (non-hydrogen) atoms. The molecule has 3 unspecified atom stereocenters. The van der Waals surface area contributed by atoms with Crippen LogP contribution in [0.25, 0.3) is 0 Å². The fourth-order valence-electron chi connectivity index (χ4n) is 3.55. The van der Waals surface area contributed by atoms with Crippen LogP contribution >= 0.6 is 0 Å². The average molecular weight is 324 g/mol. The van der Waals surface area contributed by atoms with Crippen LogP contribution in [0, 0.1) is 5.92 Å².